The Bertz CT molecular complexity index is 354. The first-order chi connectivity index (χ1) is 6.56. The fourth-order valence-electron chi connectivity index (χ4n) is 1.19. The van der Waals surface area contributed by atoms with Gasteiger partial charge in [-0.25, -0.2) is 0 Å². The first-order valence-electron chi connectivity index (χ1n) is 4.09. The number of nitro benzene ring substituents is 1. The Kier molecular flexibility index (Phi) is 3.46. The van der Waals surface area contributed by atoms with Crippen molar-refractivity contribution in [1.29, 1.82) is 0 Å². The van der Waals surface area contributed by atoms with Crippen LogP contribution >= 0.6 is 15.9 Å². The van der Waals surface area contributed by atoms with E-state index in [1.165, 1.54) is 18.2 Å². The van der Waals surface area contributed by atoms with E-state index in [2.05, 4.69) is 15.9 Å². The van der Waals surface area contributed by atoms with Crippen molar-refractivity contribution in [3.05, 3.63) is 33.9 Å². The molecule has 0 aliphatic carbocycles. The first-order valence-corrected chi connectivity index (χ1v) is 5.21. The molecule has 1 unspecified atom stereocenters. The standard InChI is InChI=1S/C9H10BrNO3/c1-6(5-10)8-4-7(12)2-3-9(8)11(13)14/h2-4,6,12H,5H2,1H3. The summed E-state index contributed by atoms with van der Waals surface area (Å²) < 4.78 is 0. The third-order valence-electron chi connectivity index (χ3n) is 1.97. The van der Waals surface area contributed by atoms with Crippen LogP contribution in [0.25, 0.3) is 0 Å². The molecule has 1 N–H and O–H groups in total. The molecule has 0 saturated heterocycles. The van der Waals surface area contributed by atoms with E-state index in [9.17, 15) is 15.2 Å². The van der Waals surface area contributed by atoms with Crippen LogP contribution in [-0.4, -0.2) is 15.4 Å². The van der Waals surface area contributed by atoms with Crippen molar-refractivity contribution in [2.75, 3.05) is 5.33 Å². The third kappa shape index (κ3) is 2.23. The second-order valence-corrected chi connectivity index (χ2v) is 3.70. The summed E-state index contributed by atoms with van der Waals surface area (Å²) in [7, 11) is 0. The van der Waals surface area contributed by atoms with Gasteiger partial charge >= 0.3 is 0 Å². The van der Waals surface area contributed by atoms with Crippen molar-refractivity contribution >= 4 is 21.6 Å². The topological polar surface area (TPSA) is 63.4 Å². The lowest BCUT2D eigenvalue weighted by Crippen LogP contribution is -2.00. The maximum Gasteiger partial charge on any atom is 0.273 e. The lowest BCUT2D eigenvalue weighted by Gasteiger charge is -2.08. The van der Waals surface area contributed by atoms with Crippen molar-refractivity contribution in [2.24, 2.45) is 0 Å². The molecule has 4 nitrogen and oxygen atoms in total. The minimum Gasteiger partial charge on any atom is -0.508 e. The highest BCUT2D eigenvalue weighted by molar-refractivity contribution is 9.09. The molecule has 0 amide bonds. The quantitative estimate of drug-likeness (QED) is 0.516. The molecule has 0 fully saturated rings. The second-order valence-electron chi connectivity index (χ2n) is 3.06. The molecule has 1 aromatic rings. The summed E-state index contributed by atoms with van der Waals surface area (Å²) >= 11 is 3.26. The molecule has 1 aromatic carbocycles. The monoisotopic (exact) mass is 259 g/mol. The van der Waals surface area contributed by atoms with Gasteiger partial charge in [-0.2, -0.15) is 0 Å². The summed E-state index contributed by atoms with van der Waals surface area (Å²) in [5.74, 6) is 0.0564. The Labute approximate surface area is 89.8 Å². The normalized spacial score (nSPS) is 12.4. The molecule has 1 atom stereocenters. The molecule has 0 bridgehead atoms. The van der Waals surface area contributed by atoms with Crippen LogP contribution in [0.2, 0.25) is 0 Å². The third-order valence-corrected chi connectivity index (χ3v) is 2.94. The summed E-state index contributed by atoms with van der Waals surface area (Å²) in [4.78, 5) is 10.2. The molecule has 0 saturated carbocycles. The van der Waals surface area contributed by atoms with Crippen LogP contribution in [0.15, 0.2) is 18.2 Å². The number of benzene rings is 1. The zero-order valence-electron chi connectivity index (χ0n) is 7.61. The number of phenolic OH excluding ortho intramolecular Hbond substituents is 1. The van der Waals surface area contributed by atoms with E-state index in [0.29, 0.717) is 10.9 Å². The Balaban J connectivity index is 3.22. The summed E-state index contributed by atoms with van der Waals surface area (Å²) in [5.41, 5.74) is 0.599. The number of phenols is 1. The van der Waals surface area contributed by atoms with Gasteiger partial charge in [0.2, 0.25) is 0 Å². The molecule has 14 heavy (non-hydrogen) atoms. The van der Waals surface area contributed by atoms with E-state index in [1.807, 2.05) is 6.92 Å². The molecule has 0 radical (unpaired) electrons. The SMILES string of the molecule is CC(CBr)c1cc(O)ccc1[N+](=O)[O-]. The first kappa shape index (κ1) is 11.0. The van der Waals surface area contributed by atoms with E-state index in [0.717, 1.165) is 0 Å². The van der Waals surface area contributed by atoms with E-state index in [4.69, 9.17) is 0 Å². The average Bonchev–Trinajstić information content (AvgIpc) is 2.16. The van der Waals surface area contributed by atoms with Crippen molar-refractivity contribution < 1.29 is 10.0 Å². The Hall–Kier alpha value is -1.10. The van der Waals surface area contributed by atoms with Gasteiger partial charge in [-0.3, -0.25) is 10.1 Å². The minimum absolute atomic E-state index is 0.00231. The van der Waals surface area contributed by atoms with Crippen molar-refractivity contribution in [1.82, 2.24) is 0 Å². The highest BCUT2D eigenvalue weighted by atomic mass is 79.9. The van der Waals surface area contributed by atoms with Crippen LogP contribution in [0.3, 0.4) is 0 Å². The lowest BCUT2D eigenvalue weighted by molar-refractivity contribution is -0.385. The molecule has 0 spiro atoms. The number of nitrogens with zero attached hydrogens (tertiary/aromatic N) is 1. The molecule has 76 valence electrons. The fraction of sp³-hybridized carbons (Fsp3) is 0.333. The smallest absolute Gasteiger partial charge is 0.273 e. The maximum atomic E-state index is 10.7. The van der Waals surface area contributed by atoms with Gasteiger partial charge in [0, 0.05) is 17.0 Å². The molecule has 0 aliphatic heterocycles. The van der Waals surface area contributed by atoms with Crippen LogP contribution in [-0.2, 0) is 0 Å². The molecule has 5 heteroatoms. The Morgan fingerprint density at radius 3 is 2.79 bits per heavy atom. The van der Waals surface area contributed by atoms with Gasteiger partial charge in [0.05, 0.1) is 4.92 Å². The zero-order valence-corrected chi connectivity index (χ0v) is 9.19. The second kappa shape index (κ2) is 4.41. The number of rotatable bonds is 3. The molecule has 0 aromatic heterocycles. The van der Waals surface area contributed by atoms with E-state index < -0.39 is 4.92 Å². The molecule has 0 heterocycles. The number of halogens is 1. The number of aromatic hydroxyl groups is 1. The van der Waals surface area contributed by atoms with Gasteiger partial charge in [0.1, 0.15) is 5.75 Å². The maximum absolute atomic E-state index is 10.7. The minimum atomic E-state index is -0.437. The van der Waals surface area contributed by atoms with Gasteiger partial charge < -0.3 is 5.11 Å². The summed E-state index contributed by atoms with van der Waals surface area (Å²) in [6.07, 6.45) is 0. The van der Waals surface area contributed by atoms with Gasteiger partial charge in [0.25, 0.3) is 5.69 Å². The number of nitro groups is 1. The highest BCUT2D eigenvalue weighted by Gasteiger charge is 2.18. The molecular formula is C9H10BrNO3. The molecular weight excluding hydrogens is 250 g/mol. The number of hydrogen-bond acceptors (Lipinski definition) is 3. The van der Waals surface area contributed by atoms with Gasteiger partial charge in [-0.15, -0.1) is 0 Å². The average molecular weight is 260 g/mol. The Morgan fingerprint density at radius 2 is 2.29 bits per heavy atom. The highest BCUT2D eigenvalue weighted by Crippen LogP contribution is 2.30. The van der Waals surface area contributed by atoms with E-state index in [-0.39, 0.29) is 17.4 Å². The molecule has 0 aliphatic rings. The molecule has 1 rings (SSSR count). The van der Waals surface area contributed by atoms with Gasteiger partial charge in [-0.1, -0.05) is 22.9 Å². The summed E-state index contributed by atoms with van der Waals surface area (Å²) in [6.45, 7) is 1.86. The van der Waals surface area contributed by atoms with Crippen molar-refractivity contribution in [2.45, 2.75) is 12.8 Å². The lowest BCUT2D eigenvalue weighted by atomic mass is 10.0. The van der Waals surface area contributed by atoms with Crippen LogP contribution in [0.1, 0.15) is 18.4 Å². The van der Waals surface area contributed by atoms with Crippen molar-refractivity contribution in [3.8, 4) is 5.75 Å². The zero-order chi connectivity index (χ0) is 10.7. The van der Waals surface area contributed by atoms with Crippen LogP contribution in [0.4, 0.5) is 5.69 Å². The summed E-state index contributed by atoms with van der Waals surface area (Å²) in [6, 6.07) is 4.08. The predicted molar refractivity (Wildman–Crippen MR) is 57.0 cm³/mol. The van der Waals surface area contributed by atoms with Gasteiger partial charge in [-0.05, 0) is 18.1 Å². The van der Waals surface area contributed by atoms with Crippen LogP contribution < -0.4 is 0 Å². The largest absolute Gasteiger partial charge is 0.508 e. The predicted octanol–water partition coefficient (Wildman–Crippen LogP) is 2.80. The summed E-state index contributed by atoms with van der Waals surface area (Å²) in [5, 5.41) is 20.5. The van der Waals surface area contributed by atoms with Crippen molar-refractivity contribution in [3.63, 3.8) is 0 Å². The van der Waals surface area contributed by atoms with E-state index >= 15 is 0 Å². The number of alkyl halides is 1. The fourth-order valence-corrected chi connectivity index (χ4v) is 1.53. The Morgan fingerprint density at radius 1 is 1.64 bits per heavy atom. The van der Waals surface area contributed by atoms with Gasteiger partial charge in [0.15, 0.2) is 0 Å². The van der Waals surface area contributed by atoms with Crippen LogP contribution in [0.5, 0.6) is 5.75 Å². The van der Waals surface area contributed by atoms with Crippen LogP contribution in [0, 0.1) is 10.1 Å². The van der Waals surface area contributed by atoms with E-state index in [1.54, 1.807) is 0 Å². The number of hydrogen-bond donors (Lipinski definition) is 1.